The molecule has 0 amide bonds. The van der Waals surface area contributed by atoms with E-state index < -0.39 is 5.82 Å². The predicted molar refractivity (Wildman–Crippen MR) is 92.3 cm³/mol. The van der Waals surface area contributed by atoms with Gasteiger partial charge in [-0.3, -0.25) is 4.98 Å². The lowest BCUT2D eigenvalue weighted by molar-refractivity contribution is 0.643. The molecule has 0 spiro atoms. The molecule has 0 atom stereocenters. The Morgan fingerprint density at radius 2 is 1.88 bits per heavy atom. The van der Waals surface area contributed by atoms with Crippen molar-refractivity contribution in [2.24, 2.45) is 0 Å². The van der Waals surface area contributed by atoms with Crippen LogP contribution < -0.4 is 5.32 Å². The van der Waals surface area contributed by atoms with Crippen LogP contribution >= 0.6 is 23.2 Å². The lowest BCUT2D eigenvalue weighted by atomic mass is 10.2. The van der Waals surface area contributed by atoms with Crippen molar-refractivity contribution < 1.29 is 4.39 Å². The molecule has 0 fully saturated rings. The van der Waals surface area contributed by atoms with Crippen molar-refractivity contribution in [3.63, 3.8) is 0 Å². The molecule has 118 valence electrons. The number of benzene rings is 1. The maximum absolute atomic E-state index is 14.7. The minimum Gasteiger partial charge on any atom is -0.337 e. The van der Waals surface area contributed by atoms with Gasteiger partial charge in [-0.15, -0.1) is 0 Å². The van der Waals surface area contributed by atoms with Crippen molar-refractivity contribution in [1.29, 1.82) is 0 Å². The topological polar surface area (TPSA) is 63.6 Å². The lowest BCUT2D eigenvalue weighted by Crippen LogP contribution is -2.00. The van der Waals surface area contributed by atoms with Crippen LogP contribution in [0.4, 0.5) is 15.9 Å². The number of nitrogens with one attached hydrogen (secondary N) is 1. The Labute approximate surface area is 145 Å². The van der Waals surface area contributed by atoms with Gasteiger partial charge in [-0.05, 0) is 24.3 Å². The summed E-state index contributed by atoms with van der Waals surface area (Å²) in [6.07, 6.45) is 2.96. The summed E-state index contributed by atoms with van der Waals surface area (Å²) in [5.41, 5.74) is 1.33. The Bertz CT molecular complexity index is 1090. The van der Waals surface area contributed by atoms with Crippen LogP contribution in [-0.2, 0) is 0 Å². The second-order valence-corrected chi connectivity index (χ2v) is 5.72. The number of nitrogens with zero attached hydrogens (tertiary/aromatic N) is 4. The standard InChI is InChI=1S/C16H8Cl2FN5/c17-12-6-11-13(15(18)24-12)16(22-7-21-11)23-10-4-3-9-8(14(10)19)2-1-5-20-9/h1-7H,(H,21,22,23). The molecule has 24 heavy (non-hydrogen) atoms. The molecule has 0 radical (unpaired) electrons. The summed E-state index contributed by atoms with van der Waals surface area (Å²) >= 11 is 12.0. The molecular weight excluding hydrogens is 352 g/mol. The number of anilines is 2. The van der Waals surface area contributed by atoms with Crippen LogP contribution in [-0.4, -0.2) is 19.9 Å². The average Bonchev–Trinajstić information content (AvgIpc) is 2.57. The SMILES string of the molecule is Fc1c(Nc2ncnc3cc(Cl)nc(Cl)c23)ccc2ncccc12. The molecule has 0 unspecified atom stereocenters. The minimum atomic E-state index is -0.426. The van der Waals surface area contributed by atoms with Crippen molar-refractivity contribution in [1.82, 2.24) is 19.9 Å². The number of pyridine rings is 2. The maximum Gasteiger partial charge on any atom is 0.156 e. The molecule has 0 bridgehead atoms. The molecular formula is C16H8Cl2FN5. The zero-order chi connectivity index (χ0) is 16.7. The zero-order valence-corrected chi connectivity index (χ0v) is 13.5. The van der Waals surface area contributed by atoms with Gasteiger partial charge in [0.25, 0.3) is 0 Å². The van der Waals surface area contributed by atoms with Crippen molar-refractivity contribution in [2.75, 3.05) is 5.32 Å². The van der Waals surface area contributed by atoms with Crippen molar-refractivity contribution in [3.8, 4) is 0 Å². The first-order chi connectivity index (χ1) is 11.6. The van der Waals surface area contributed by atoms with Crippen molar-refractivity contribution in [2.45, 2.75) is 0 Å². The molecule has 1 N–H and O–H groups in total. The number of aromatic nitrogens is 4. The van der Waals surface area contributed by atoms with Crippen molar-refractivity contribution >= 4 is 56.5 Å². The van der Waals surface area contributed by atoms with E-state index in [1.54, 1.807) is 36.5 Å². The molecule has 1 aromatic carbocycles. The van der Waals surface area contributed by atoms with E-state index in [1.807, 2.05) is 0 Å². The van der Waals surface area contributed by atoms with E-state index in [0.717, 1.165) is 0 Å². The fourth-order valence-corrected chi connectivity index (χ4v) is 2.95. The van der Waals surface area contributed by atoms with Gasteiger partial charge >= 0.3 is 0 Å². The van der Waals surface area contributed by atoms with Gasteiger partial charge in [0.1, 0.15) is 22.5 Å². The summed E-state index contributed by atoms with van der Waals surface area (Å²) in [7, 11) is 0. The molecule has 3 aromatic heterocycles. The molecule has 0 saturated carbocycles. The highest BCUT2D eigenvalue weighted by Crippen LogP contribution is 2.32. The predicted octanol–water partition coefficient (Wildman–Crippen LogP) is 4.76. The smallest absolute Gasteiger partial charge is 0.156 e. The molecule has 0 aliphatic heterocycles. The van der Waals surface area contributed by atoms with E-state index in [2.05, 4.69) is 25.3 Å². The molecule has 3 heterocycles. The number of hydrogen-bond acceptors (Lipinski definition) is 5. The van der Waals surface area contributed by atoms with Gasteiger partial charge in [-0.1, -0.05) is 23.2 Å². The summed E-state index contributed by atoms with van der Waals surface area (Å²) in [6.45, 7) is 0. The second-order valence-electron chi connectivity index (χ2n) is 4.97. The molecule has 4 rings (SSSR count). The van der Waals surface area contributed by atoms with E-state index >= 15 is 0 Å². The number of rotatable bonds is 2. The first-order valence-electron chi connectivity index (χ1n) is 6.90. The van der Waals surface area contributed by atoms with Gasteiger partial charge < -0.3 is 5.32 Å². The van der Waals surface area contributed by atoms with Crippen LogP contribution in [0.15, 0.2) is 42.9 Å². The normalized spacial score (nSPS) is 11.1. The Hall–Kier alpha value is -2.57. The third-order valence-corrected chi connectivity index (χ3v) is 3.98. The monoisotopic (exact) mass is 359 g/mol. The van der Waals surface area contributed by atoms with Crippen LogP contribution in [0.25, 0.3) is 21.8 Å². The summed E-state index contributed by atoms with van der Waals surface area (Å²) in [6, 6.07) is 8.22. The Morgan fingerprint density at radius 1 is 1.00 bits per heavy atom. The molecule has 0 aliphatic carbocycles. The lowest BCUT2D eigenvalue weighted by Gasteiger charge is -2.11. The number of hydrogen-bond donors (Lipinski definition) is 1. The van der Waals surface area contributed by atoms with Gasteiger partial charge in [0.15, 0.2) is 5.82 Å². The minimum absolute atomic E-state index is 0.142. The highest BCUT2D eigenvalue weighted by molar-refractivity contribution is 6.37. The number of halogens is 3. The largest absolute Gasteiger partial charge is 0.337 e. The molecule has 8 heteroatoms. The first kappa shape index (κ1) is 15.0. The van der Waals surface area contributed by atoms with Crippen LogP contribution in [0.3, 0.4) is 0 Å². The Morgan fingerprint density at radius 3 is 2.75 bits per heavy atom. The van der Waals surface area contributed by atoms with Gasteiger partial charge in [0.2, 0.25) is 0 Å². The summed E-state index contributed by atoms with van der Waals surface area (Å²) in [5.74, 6) is -0.0817. The first-order valence-corrected chi connectivity index (χ1v) is 7.66. The van der Waals surface area contributed by atoms with Crippen molar-refractivity contribution in [3.05, 3.63) is 59.0 Å². The van der Waals surface area contributed by atoms with E-state index in [1.165, 1.54) is 6.33 Å². The fraction of sp³-hybridized carbons (Fsp3) is 0. The van der Waals surface area contributed by atoms with Crippen LogP contribution in [0, 0.1) is 5.82 Å². The van der Waals surface area contributed by atoms with E-state index in [9.17, 15) is 4.39 Å². The van der Waals surface area contributed by atoms with Gasteiger partial charge in [-0.25, -0.2) is 19.3 Å². The van der Waals surface area contributed by atoms with E-state index in [-0.39, 0.29) is 16.0 Å². The summed E-state index contributed by atoms with van der Waals surface area (Å²) in [4.78, 5) is 16.4. The third-order valence-electron chi connectivity index (χ3n) is 3.52. The molecule has 0 saturated heterocycles. The van der Waals surface area contributed by atoms with E-state index in [4.69, 9.17) is 23.2 Å². The number of fused-ring (bicyclic) bond motifs is 2. The van der Waals surface area contributed by atoms with Gasteiger partial charge in [0, 0.05) is 17.6 Å². The van der Waals surface area contributed by atoms with Crippen LogP contribution in [0.5, 0.6) is 0 Å². The Balaban J connectivity index is 1.87. The molecule has 0 aliphatic rings. The summed E-state index contributed by atoms with van der Waals surface area (Å²) < 4.78 is 14.7. The molecule has 4 aromatic rings. The highest BCUT2D eigenvalue weighted by Gasteiger charge is 2.14. The highest BCUT2D eigenvalue weighted by atomic mass is 35.5. The average molecular weight is 360 g/mol. The van der Waals surface area contributed by atoms with Gasteiger partial charge in [0.05, 0.1) is 22.1 Å². The maximum atomic E-state index is 14.7. The second kappa shape index (κ2) is 5.81. The Kier molecular flexibility index (Phi) is 3.63. The third kappa shape index (κ3) is 2.50. The van der Waals surface area contributed by atoms with E-state index in [0.29, 0.717) is 27.6 Å². The van der Waals surface area contributed by atoms with Crippen LogP contribution in [0.2, 0.25) is 10.3 Å². The van der Waals surface area contributed by atoms with Crippen LogP contribution in [0.1, 0.15) is 0 Å². The fourth-order valence-electron chi connectivity index (χ4n) is 2.44. The quantitative estimate of drug-likeness (QED) is 0.522. The van der Waals surface area contributed by atoms with Gasteiger partial charge in [-0.2, -0.15) is 0 Å². The molecule has 5 nitrogen and oxygen atoms in total. The zero-order valence-electron chi connectivity index (χ0n) is 12.0. The summed E-state index contributed by atoms with van der Waals surface area (Å²) in [5, 5.41) is 4.19.